The standard InChI is InChI=1S/2C23H31BrN3P/c2*1-16(2)19-14-11-15-20(17(3)4)21(19)26-22(23(5,6)7)25-27(28(26)24)18-12-9-8-10-13-18/h2*8-17H,1-7H3/t2*28-/m11/s1. The molecule has 2 heterocycles. The lowest BCUT2D eigenvalue weighted by molar-refractivity contribution is 0.585. The summed E-state index contributed by atoms with van der Waals surface area (Å²) in [6, 6.07) is 34.4. The molecule has 2 atom stereocenters. The van der Waals surface area contributed by atoms with Gasteiger partial charge >= 0.3 is 0 Å². The van der Waals surface area contributed by atoms with E-state index in [0.29, 0.717) is 23.7 Å². The predicted molar refractivity (Wildman–Crippen MR) is 258 cm³/mol. The minimum Gasteiger partial charge on any atom is -0.278 e. The van der Waals surface area contributed by atoms with Crippen molar-refractivity contribution in [1.29, 1.82) is 0 Å². The zero-order chi connectivity index (χ0) is 41.3. The van der Waals surface area contributed by atoms with E-state index in [-0.39, 0.29) is 10.8 Å². The van der Waals surface area contributed by atoms with Crippen molar-refractivity contribution in [2.75, 3.05) is 18.9 Å². The summed E-state index contributed by atoms with van der Waals surface area (Å²) in [7, 11) is 0. The number of nitrogens with zero attached hydrogens (tertiary/aromatic N) is 6. The maximum atomic E-state index is 5.13. The van der Waals surface area contributed by atoms with Crippen molar-refractivity contribution in [3.05, 3.63) is 119 Å². The van der Waals surface area contributed by atoms with Crippen LogP contribution in [0, 0.1) is 10.8 Å². The highest BCUT2D eigenvalue weighted by Crippen LogP contribution is 2.64. The molecule has 0 amide bonds. The molecule has 2 aliphatic heterocycles. The number of para-hydroxylation sites is 4. The zero-order valence-corrected chi connectivity index (χ0v) is 40.8. The Hall–Kier alpha value is -2.76. The molecular weight excluding hydrogens is 858 g/mol. The molecule has 0 fully saturated rings. The van der Waals surface area contributed by atoms with Crippen LogP contribution in [-0.4, -0.2) is 11.7 Å². The first-order chi connectivity index (χ1) is 26.2. The van der Waals surface area contributed by atoms with Crippen LogP contribution in [0.25, 0.3) is 0 Å². The van der Waals surface area contributed by atoms with Crippen molar-refractivity contribution >= 4 is 79.3 Å². The molecular formula is C46H62Br2N6P2. The van der Waals surface area contributed by atoms with Gasteiger partial charge in [-0.3, -0.25) is 9.34 Å². The van der Waals surface area contributed by atoms with E-state index in [0.717, 1.165) is 23.0 Å². The average Bonchev–Trinajstić information content (AvgIpc) is 3.68. The Balaban J connectivity index is 0.000000214. The third kappa shape index (κ3) is 9.41. The van der Waals surface area contributed by atoms with E-state index in [2.05, 4.69) is 232 Å². The fourth-order valence-corrected chi connectivity index (χ4v) is 13.4. The minimum atomic E-state index is -0.855. The zero-order valence-electron chi connectivity index (χ0n) is 35.9. The molecule has 300 valence electrons. The molecule has 0 saturated carbocycles. The fraction of sp³-hybridized carbons (Fsp3) is 0.435. The summed E-state index contributed by atoms with van der Waals surface area (Å²) in [4.78, 5) is 0. The average molecular weight is 921 g/mol. The topological polar surface area (TPSA) is 37.7 Å². The number of hydrogen-bond acceptors (Lipinski definition) is 6. The molecule has 56 heavy (non-hydrogen) atoms. The van der Waals surface area contributed by atoms with Crippen LogP contribution in [0.15, 0.2) is 107 Å². The molecule has 0 N–H and O–H groups in total. The van der Waals surface area contributed by atoms with E-state index in [1.165, 1.54) is 33.6 Å². The lowest BCUT2D eigenvalue weighted by atomic mass is 9.90. The molecule has 2 aliphatic rings. The Morgan fingerprint density at radius 3 is 0.929 bits per heavy atom. The molecule has 0 bridgehead atoms. The number of amidine groups is 2. The van der Waals surface area contributed by atoms with Crippen LogP contribution < -0.4 is 18.9 Å². The van der Waals surface area contributed by atoms with Crippen LogP contribution in [0.2, 0.25) is 0 Å². The monoisotopic (exact) mass is 918 g/mol. The molecule has 4 aromatic rings. The third-order valence-electron chi connectivity index (χ3n) is 9.85. The largest absolute Gasteiger partial charge is 0.278 e. The third-order valence-corrected chi connectivity index (χ3v) is 16.3. The maximum Gasteiger partial charge on any atom is 0.197 e. The summed E-state index contributed by atoms with van der Waals surface area (Å²) in [6.45, 7) is 30.0. The molecule has 6 nitrogen and oxygen atoms in total. The van der Waals surface area contributed by atoms with Gasteiger partial charge in [-0.15, -0.1) is 0 Å². The molecule has 0 aromatic heterocycles. The van der Waals surface area contributed by atoms with Gasteiger partial charge in [0.05, 0.1) is 22.7 Å². The van der Waals surface area contributed by atoms with Gasteiger partial charge in [-0.25, -0.2) is 9.56 Å². The SMILES string of the molecule is CC(C)c1cccc(C(C)C)c1N1C(C(C)(C)C)=NN(c2ccccc2)[P@]1Br.CC(C)c1cccc(C(C)C)c1N1C(C(C)(C)C)=NN(c2ccccc2)[P@]1Br. The minimum absolute atomic E-state index is 0.0732. The Morgan fingerprint density at radius 1 is 0.429 bits per heavy atom. The van der Waals surface area contributed by atoms with Crippen molar-refractivity contribution in [1.82, 2.24) is 0 Å². The maximum absolute atomic E-state index is 5.13. The van der Waals surface area contributed by atoms with E-state index >= 15 is 0 Å². The van der Waals surface area contributed by atoms with Gasteiger partial charge in [0.1, 0.15) is 11.7 Å². The summed E-state index contributed by atoms with van der Waals surface area (Å²) < 4.78 is 9.23. The van der Waals surface area contributed by atoms with E-state index in [9.17, 15) is 0 Å². The highest BCUT2D eigenvalue weighted by Gasteiger charge is 2.44. The van der Waals surface area contributed by atoms with E-state index in [1.54, 1.807) is 0 Å². The Kier molecular flexibility index (Phi) is 14.3. The molecule has 10 heteroatoms. The van der Waals surface area contributed by atoms with Crippen LogP contribution in [0.5, 0.6) is 0 Å². The molecule has 0 saturated heterocycles. The highest BCUT2D eigenvalue weighted by atomic mass is 79.9. The van der Waals surface area contributed by atoms with Crippen molar-refractivity contribution in [2.45, 2.75) is 121 Å². The summed E-state index contributed by atoms with van der Waals surface area (Å²) in [5, 5.41) is 10.3. The second-order valence-corrected chi connectivity index (χ2v) is 24.2. The lowest BCUT2D eigenvalue weighted by Gasteiger charge is -2.35. The summed E-state index contributed by atoms with van der Waals surface area (Å²) >= 11 is 8.09. The smallest absolute Gasteiger partial charge is 0.197 e. The summed E-state index contributed by atoms with van der Waals surface area (Å²) in [5.41, 5.74) is 10.2. The van der Waals surface area contributed by atoms with Crippen LogP contribution in [0.4, 0.5) is 22.7 Å². The Bertz CT molecular complexity index is 1800. The van der Waals surface area contributed by atoms with Gasteiger partial charge in [0, 0.05) is 10.8 Å². The quantitative estimate of drug-likeness (QED) is 0.165. The number of rotatable bonds is 8. The van der Waals surface area contributed by atoms with E-state index in [1.807, 2.05) is 12.1 Å². The van der Waals surface area contributed by atoms with Crippen LogP contribution in [-0.2, 0) is 0 Å². The summed E-state index contributed by atoms with van der Waals surface area (Å²) in [5.74, 6) is 3.98. The van der Waals surface area contributed by atoms with Crippen LogP contribution in [0.3, 0.4) is 0 Å². The molecule has 0 radical (unpaired) electrons. The number of hydrogen-bond donors (Lipinski definition) is 0. The second-order valence-electron chi connectivity index (χ2n) is 17.9. The first-order valence-electron chi connectivity index (χ1n) is 19.9. The molecule has 0 aliphatic carbocycles. The van der Waals surface area contributed by atoms with Crippen molar-refractivity contribution < 1.29 is 0 Å². The number of halogens is 2. The van der Waals surface area contributed by atoms with Crippen molar-refractivity contribution in [2.24, 2.45) is 21.0 Å². The molecule has 6 rings (SSSR count). The predicted octanol–water partition coefficient (Wildman–Crippen LogP) is 16.5. The Labute approximate surface area is 357 Å². The highest BCUT2D eigenvalue weighted by molar-refractivity contribution is 9.40. The van der Waals surface area contributed by atoms with Gasteiger partial charge in [0.15, 0.2) is 13.9 Å². The number of hydrazone groups is 2. The van der Waals surface area contributed by atoms with Gasteiger partial charge in [-0.05, 0) is 101 Å². The number of anilines is 4. The number of benzene rings is 4. The van der Waals surface area contributed by atoms with Crippen LogP contribution >= 0.6 is 44.8 Å². The van der Waals surface area contributed by atoms with Gasteiger partial charge in [-0.1, -0.05) is 170 Å². The van der Waals surface area contributed by atoms with Crippen molar-refractivity contribution in [3.8, 4) is 0 Å². The van der Waals surface area contributed by atoms with Gasteiger partial charge in [0.25, 0.3) is 0 Å². The van der Waals surface area contributed by atoms with Gasteiger partial charge in [0.2, 0.25) is 0 Å². The van der Waals surface area contributed by atoms with Crippen molar-refractivity contribution in [3.63, 3.8) is 0 Å². The first kappa shape index (κ1) is 44.3. The van der Waals surface area contributed by atoms with Gasteiger partial charge < -0.3 is 0 Å². The van der Waals surface area contributed by atoms with Crippen LogP contribution in [0.1, 0.15) is 143 Å². The lowest BCUT2D eigenvalue weighted by Crippen LogP contribution is -2.34. The normalized spacial score (nSPS) is 17.6. The van der Waals surface area contributed by atoms with Gasteiger partial charge in [-0.2, -0.15) is 10.2 Å². The first-order valence-corrected chi connectivity index (χ1v) is 26.4. The van der Waals surface area contributed by atoms with E-state index in [4.69, 9.17) is 10.2 Å². The molecule has 0 spiro atoms. The Morgan fingerprint density at radius 2 is 0.696 bits per heavy atom. The molecule has 0 unspecified atom stereocenters. The molecule has 4 aromatic carbocycles. The summed E-state index contributed by atoms with van der Waals surface area (Å²) in [6.07, 6.45) is 0. The fourth-order valence-electron chi connectivity index (χ4n) is 6.92. The van der Waals surface area contributed by atoms with E-state index < -0.39 is 13.9 Å². The second kappa shape index (κ2) is 18.0.